The van der Waals surface area contributed by atoms with E-state index in [1.807, 2.05) is 39.2 Å². The summed E-state index contributed by atoms with van der Waals surface area (Å²) < 4.78 is 5.27. The van der Waals surface area contributed by atoms with E-state index < -0.39 is 0 Å². The first kappa shape index (κ1) is 17.5. The Morgan fingerprint density at radius 3 is 2.76 bits per heavy atom. The van der Waals surface area contributed by atoms with Crippen LogP contribution in [0, 0.1) is 0 Å². The maximum atomic E-state index is 11.6. The highest BCUT2D eigenvalue weighted by molar-refractivity contribution is 5.77. The molecule has 0 spiro atoms. The number of carbonyl (C=O) groups excluding carboxylic acids is 1. The standard InChI is InChI=1S/C16H27N3O2/c1-5-9-18-16(20)12-17-11-15(19(2)3)13-7-6-8-14(10-13)21-4/h6-8,10,15,17H,5,9,11-12H2,1-4H3,(H,18,20). The molecule has 0 saturated heterocycles. The molecule has 0 radical (unpaired) electrons. The highest BCUT2D eigenvalue weighted by Crippen LogP contribution is 2.21. The minimum absolute atomic E-state index is 0.0417. The van der Waals surface area contributed by atoms with Gasteiger partial charge in [0, 0.05) is 19.1 Å². The van der Waals surface area contributed by atoms with Crippen LogP contribution in [0.15, 0.2) is 24.3 Å². The van der Waals surface area contributed by atoms with Crippen LogP contribution in [0.5, 0.6) is 5.75 Å². The van der Waals surface area contributed by atoms with Crippen molar-refractivity contribution in [2.75, 3.05) is 40.8 Å². The predicted molar refractivity (Wildman–Crippen MR) is 85.6 cm³/mol. The second-order valence-corrected chi connectivity index (χ2v) is 5.24. The molecule has 0 fully saturated rings. The van der Waals surface area contributed by atoms with Crippen LogP contribution in [-0.2, 0) is 4.79 Å². The van der Waals surface area contributed by atoms with Crippen molar-refractivity contribution < 1.29 is 9.53 Å². The van der Waals surface area contributed by atoms with E-state index in [1.165, 1.54) is 5.56 Å². The van der Waals surface area contributed by atoms with Gasteiger partial charge in [0.05, 0.1) is 13.7 Å². The van der Waals surface area contributed by atoms with E-state index in [-0.39, 0.29) is 11.9 Å². The number of hydrogen-bond donors (Lipinski definition) is 2. The van der Waals surface area contributed by atoms with Crippen LogP contribution in [0.2, 0.25) is 0 Å². The molecule has 21 heavy (non-hydrogen) atoms. The van der Waals surface area contributed by atoms with Crippen LogP contribution >= 0.6 is 0 Å². The monoisotopic (exact) mass is 293 g/mol. The van der Waals surface area contributed by atoms with Crippen molar-refractivity contribution in [2.45, 2.75) is 19.4 Å². The number of nitrogens with zero attached hydrogens (tertiary/aromatic N) is 1. The summed E-state index contributed by atoms with van der Waals surface area (Å²) >= 11 is 0. The first-order chi connectivity index (χ1) is 10.1. The van der Waals surface area contributed by atoms with Crippen LogP contribution in [0.1, 0.15) is 24.9 Å². The molecule has 0 heterocycles. The molecule has 0 aliphatic carbocycles. The Bertz CT molecular complexity index is 435. The van der Waals surface area contributed by atoms with Crippen LogP contribution in [0.25, 0.3) is 0 Å². The van der Waals surface area contributed by atoms with Gasteiger partial charge in [-0.3, -0.25) is 4.79 Å². The molecule has 1 unspecified atom stereocenters. The molecule has 0 saturated carbocycles. The molecule has 2 N–H and O–H groups in total. The van der Waals surface area contributed by atoms with Crippen LogP contribution in [-0.4, -0.2) is 51.6 Å². The largest absolute Gasteiger partial charge is 0.497 e. The lowest BCUT2D eigenvalue weighted by Crippen LogP contribution is -2.38. The Balaban J connectivity index is 2.56. The second-order valence-electron chi connectivity index (χ2n) is 5.24. The fourth-order valence-corrected chi connectivity index (χ4v) is 2.10. The summed E-state index contributed by atoms with van der Waals surface area (Å²) in [6.45, 7) is 3.82. The highest BCUT2D eigenvalue weighted by Gasteiger charge is 2.14. The SMILES string of the molecule is CCCNC(=O)CNCC(c1cccc(OC)c1)N(C)C. The van der Waals surface area contributed by atoms with Crippen molar-refractivity contribution in [1.82, 2.24) is 15.5 Å². The Labute approximate surface area is 127 Å². The molecule has 5 heteroatoms. The molecule has 118 valence electrons. The maximum Gasteiger partial charge on any atom is 0.233 e. The minimum Gasteiger partial charge on any atom is -0.497 e. The van der Waals surface area contributed by atoms with Gasteiger partial charge >= 0.3 is 0 Å². The summed E-state index contributed by atoms with van der Waals surface area (Å²) in [6.07, 6.45) is 0.954. The summed E-state index contributed by atoms with van der Waals surface area (Å²) in [4.78, 5) is 13.7. The molecule has 0 aliphatic rings. The van der Waals surface area contributed by atoms with E-state index in [2.05, 4.69) is 21.6 Å². The van der Waals surface area contributed by atoms with Gasteiger partial charge in [0.15, 0.2) is 0 Å². The fourth-order valence-electron chi connectivity index (χ4n) is 2.10. The van der Waals surface area contributed by atoms with Gasteiger partial charge in [-0.1, -0.05) is 19.1 Å². The van der Waals surface area contributed by atoms with Crippen molar-refractivity contribution in [3.8, 4) is 5.75 Å². The maximum absolute atomic E-state index is 11.6. The Hall–Kier alpha value is -1.59. The van der Waals surface area contributed by atoms with Crippen LogP contribution in [0.4, 0.5) is 0 Å². The quantitative estimate of drug-likeness (QED) is 0.723. The van der Waals surface area contributed by atoms with Crippen molar-refractivity contribution in [3.63, 3.8) is 0 Å². The lowest BCUT2D eigenvalue weighted by atomic mass is 10.1. The topological polar surface area (TPSA) is 53.6 Å². The number of ether oxygens (including phenoxy) is 1. The summed E-state index contributed by atoms with van der Waals surface area (Å²) in [6, 6.07) is 8.22. The molecular weight excluding hydrogens is 266 g/mol. The molecule has 0 bridgehead atoms. The Kier molecular flexibility index (Phi) is 7.79. The molecule has 5 nitrogen and oxygen atoms in total. The number of hydrogen-bond acceptors (Lipinski definition) is 4. The number of likely N-dealkylation sites (N-methyl/N-ethyl adjacent to an activating group) is 1. The number of amides is 1. The van der Waals surface area contributed by atoms with Crippen molar-refractivity contribution in [2.24, 2.45) is 0 Å². The van der Waals surface area contributed by atoms with Crippen molar-refractivity contribution in [3.05, 3.63) is 29.8 Å². The number of nitrogens with one attached hydrogen (secondary N) is 2. The van der Waals surface area contributed by atoms with Gasteiger partial charge in [0.1, 0.15) is 5.75 Å². The normalized spacial score (nSPS) is 12.2. The van der Waals surface area contributed by atoms with Crippen molar-refractivity contribution >= 4 is 5.91 Å². The third-order valence-corrected chi connectivity index (χ3v) is 3.30. The summed E-state index contributed by atoms with van der Waals surface area (Å²) in [7, 11) is 5.73. The zero-order valence-electron chi connectivity index (χ0n) is 13.5. The van der Waals surface area contributed by atoms with Gasteiger partial charge in [-0.25, -0.2) is 0 Å². The summed E-state index contributed by atoms with van der Waals surface area (Å²) in [5, 5.41) is 6.08. The van der Waals surface area contributed by atoms with Gasteiger partial charge in [0.2, 0.25) is 5.91 Å². The molecule has 0 aromatic heterocycles. The van der Waals surface area contributed by atoms with Gasteiger partial charge in [-0.05, 0) is 38.2 Å². The van der Waals surface area contributed by atoms with E-state index in [0.717, 1.165) is 18.7 Å². The van der Waals surface area contributed by atoms with E-state index in [1.54, 1.807) is 7.11 Å². The van der Waals surface area contributed by atoms with E-state index in [4.69, 9.17) is 4.74 Å². The smallest absolute Gasteiger partial charge is 0.233 e. The summed E-state index contributed by atoms with van der Waals surface area (Å²) in [5.41, 5.74) is 1.17. The lowest BCUT2D eigenvalue weighted by Gasteiger charge is -2.25. The van der Waals surface area contributed by atoms with E-state index in [0.29, 0.717) is 13.1 Å². The second kappa shape index (κ2) is 9.37. The van der Waals surface area contributed by atoms with Crippen LogP contribution < -0.4 is 15.4 Å². The van der Waals surface area contributed by atoms with E-state index in [9.17, 15) is 4.79 Å². The third kappa shape index (κ3) is 6.14. The average molecular weight is 293 g/mol. The van der Waals surface area contributed by atoms with Gasteiger partial charge in [-0.2, -0.15) is 0 Å². The van der Waals surface area contributed by atoms with Crippen LogP contribution in [0.3, 0.4) is 0 Å². The molecule has 0 aliphatic heterocycles. The predicted octanol–water partition coefficient (Wildman–Crippen LogP) is 1.41. The number of benzene rings is 1. The zero-order chi connectivity index (χ0) is 15.7. The minimum atomic E-state index is 0.0417. The molecule has 1 rings (SSSR count). The van der Waals surface area contributed by atoms with Gasteiger partial charge < -0.3 is 20.3 Å². The lowest BCUT2D eigenvalue weighted by molar-refractivity contribution is -0.120. The highest BCUT2D eigenvalue weighted by atomic mass is 16.5. The molecule has 1 amide bonds. The third-order valence-electron chi connectivity index (χ3n) is 3.30. The number of rotatable bonds is 9. The fraction of sp³-hybridized carbons (Fsp3) is 0.562. The molecule has 1 atom stereocenters. The Morgan fingerprint density at radius 1 is 1.38 bits per heavy atom. The number of carbonyl (C=O) groups is 1. The van der Waals surface area contributed by atoms with Gasteiger partial charge in [0.25, 0.3) is 0 Å². The number of methoxy groups -OCH3 is 1. The average Bonchev–Trinajstić information content (AvgIpc) is 2.49. The molecular formula is C16H27N3O2. The summed E-state index contributed by atoms with van der Waals surface area (Å²) in [5.74, 6) is 0.889. The first-order valence-electron chi connectivity index (χ1n) is 7.36. The Morgan fingerprint density at radius 2 is 2.14 bits per heavy atom. The van der Waals surface area contributed by atoms with Crippen molar-refractivity contribution in [1.29, 1.82) is 0 Å². The van der Waals surface area contributed by atoms with E-state index >= 15 is 0 Å². The zero-order valence-corrected chi connectivity index (χ0v) is 13.5. The van der Waals surface area contributed by atoms with Gasteiger partial charge in [-0.15, -0.1) is 0 Å². The first-order valence-corrected chi connectivity index (χ1v) is 7.36. The molecule has 1 aromatic carbocycles. The molecule has 1 aromatic rings.